The molecule has 0 aliphatic carbocycles. The molecule has 1 heterocycles. The first-order valence-corrected chi connectivity index (χ1v) is 11.2. The largest absolute Gasteiger partial charge is 0.325 e. The van der Waals surface area contributed by atoms with E-state index in [1.807, 2.05) is 13.0 Å². The minimum absolute atomic E-state index is 0.0321. The fraction of sp³-hybridized carbons (Fsp3) is 0.381. The van der Waals surface area contributed by atoms with E-state index in [1.54, 1.807) is 12.1 Å². The van der Waals surface area contributed by atoms with Gasteiger partial charge >= 0.3 is 0 Å². The van der Waals surface area contributed by atoms with Gasteiger partial charge in [0.2, 0.25) is 10.0 Å². The number of likely N-dealkylation sites (tertiary alicyclic amines) is 1. The number of hydrogen-bond acceptors (Lipinski definition) is 3. The minimum atomic E-state index is -3.73. The van der Waals surface area contributed by atoms with E-state index in [2.05, 4.69) is 29.6 Å². The van der Waals surface area contributed by atoms with Gasteiger partial charge in [0.25, 0.3) is 5.91 Å². The van der Waals surface area contributed by atoms with E-state index in [0.717, 1.165) is 32.4 Å². The van der Waals surface area contributed by atoms with Gasteiger partial charge in [-0.05, 0) is 61.9 Å². The normalized spacial score (nSPS) is 21.1. The lowest BCUT2D eigenvalue weighted by molar-refractivity contribution is -0.919. The molecule has 0 bridgehead atoms. The predicted octanol–water partition coefficient (Wildman–Crippen LogP) is 1.20. The van der Waals surface area contributed by atoms with Crippen LogP contribution in [0.3, 0.4) is 0 Å². The Kier molecular flexibility index (Phi) is 6.49. The molecule has 4 N–H and O–H groups in total. The van der Waals surface area contributed by atoms with Gasteiger partial charge in [-0.1, -0.05) is 30.3 Å². The summed E-state index contributed by atoms with van der Waals surface area (Å²) in [6.07, 6.45) is 3.33. The molecule has 7 heteroatoms. The maximum absolute atomic E-state index is 12.6. The van der Waals surface area contributed by atoms with E-state index in [4.69, 9.17) is 5.14 Å². The molecule has 150 valence electrons. The van der Waals surface area contributed by atoms with Gasteiger partial charge in [0.1, 0.15) is 0 Å². The molecular weight excluding hydrogens is 374 g/mol. The highest BCUT2D eigenvalue weighted by Crippen LogP contribution is 2.17. The Morgan fingerprint density at radius 3 is 2.29 bits per heavy atom. The lowest BCUT2D eigenvalue weighted by Crippen LogP contribution is -3.17. The topological polar surface area (TPSA) is 93.7 Å². The molecule has 0 aromatic heterocycles. The van der Waals surface area contributed by atoms with Crippen molar-refractivity contribution in [2.75, 3.05) is 18.4 Å². The maximum Gasteiger partial charge on any atom is 0.282 e. The lowest BCUT2D eigenvalue weighted by Gasteiger charge is -2.32. The first kappa shape index (κ1) is 20.5. The Morgan fingerprint density at radius 2 is 1.71 bits per heavy atom. The molecule has 1 aliphatic heterocycles. The monoisotopic (exact) mass is 402 g/mol. The molecule has 1 amide bonds. The Balaban J connectivity index is 1.50. The van der Waals surface area contributed by atoms with Gasteiger partial charge in [-0.25, -0.2) is 13.6 Å². The zero-order valence-electron chi connectivity index (χ0n) is 16.1. The van der Waals surface area contributed by atoms with Gasteiger partial charge in [0.15, 0.2) is 6.04 Å². The summed E-state index contributed by atoms with van der Waals surface area (Å²) < 4.78 is 22.6. The van der Waals surface area contributed by atoms with Crippen molar-refractivity contribution in [2.24, 2.45) is 11.1 Å². The number of benzene rings is 2. The molecule has 2 aromatic carbocycles. The summed E-state index contributed by atoms with van der Waals surface area (Å²) in [6, 6.07) is 16.3. The highest BCUT2D eigenvalue weighted by Gasteiger charge is 2.30. The molecule has 6 nitrogen and oxygen atoms in total. The number of primary sulfonamides is 1. The molecule has 2 aromatic rings. The van der Waals surface area contributed by atoms with Crippen LogP contribution in [0.1, 0.15) is 25.3 Å². The van der Waals surface area contributed by atoms with Crippen LogP contribution in [0.5, 0.6) is 0 Å². The van der Waals surface area contributed by atoms with Crippen molar-refractivity contribution in [1.29, 1.82) is 0 Å². The van der Waals surface area contributed by atoms with E-state index >= 15 is 0 Å². The second kappa shape index (κ2) is 8.86. The summed E-state index contributed by atoms with van der Waals surface area (Å²) in [5.74, 6) is 0.618. The van der Waals surface area contributed by atoms with Gasteiger partial charge in [-0.3, -0.25) is 4.79 Å². The Bertz CT molecular complexity index is 890. The van der Waals surface area contributed by atoms with Crippen molar-refractivity contribution < 1.29 is 18.1 Å². The molecule has 1 aliphatic rings. The summed E-state index contributed by atoms with van der Waals surface area (Å²) in [5, 5.41) is 7.97. The van der Waals surface area contributed by atoms with E-state index in [9.17, 15) is 13.2 Å². The van der Waals surface area contributed by atoms with Gasteiger partial charge in [0.05, 0.1) is 18.0 Å². The molecular formula is C21H28N3O3S+. The van der Waals surface area contributed by atoms with Crippen molar-refractivity contribution in [3.05, 3.63) is 60.2 Å². The van der Waals surface area contributed by atoms with Crippen LogP contribution in [0.4, 0.5) is 5.69 Å². The highest BCUT2D eigenvalue weighted by molar-refractivity contribution is 7.89. The number of nitrogens with one attached hydrogen (secondary N) is 2. The summed E-state index contributed by atoms with van der Waals surface area (Å²) in [5.41, 5.74) is 1.95. The van der Waals surface area contributed by atoms with Crippen molar-refractivity contribution >= 4 is 21.6 Å². The van der Waals surface area contributed by atoms with Crippen LogP contribution >= 0.6 is 0 Å². The number of hydrogen-bond donors (Lipinski definition) is 3. The molecule has 3 rings (SSSR count). The molecule has 1 atom stereocenters. The van der Waals surface area contributed by atoms with Crippen LogP contribution < -0.4 is 15.4 Å². The number of piperidine rings is 1. The van der Waals surface area contributed by atoms with E-state index < -0.39 is 10.0 Å². The third kappa shape index (κ3) is 5.41. The predicted molar refractivity (Wildman–Crippen MR) is 109 cm³/mol. The maximum atomic E-state index is 12.6. The summed E-state index contributed by atoms with van der Waals surface area (Å²) in [4.78, 5) is 13.9. The lowest BCUT2D eigenvalue weighted by atomic mass is 9.89. The average molecular weight is 403 g/mol. The number of carbonyl (C=O) groups is 1. The average Bonchev–Trinajstić information content (AvgIpc) is 2.68. The molecule has 0 saturated carbocycles. The molecule has 0 unspecified atom stereocenters. The number of sulfonamides is 1. The zero-order valence-corrected chi connectivity index (χ0v) is 16.9. The van der Waals surface area contributed by atoms with Crippen LogP contribution in [-0.4, -0.2) is 33.5 Å². The van der Waals surface area contributed by atoms with Crippen LogP contribution in [0.2, 0.25) is 0 Å². The first-order valence-electron chi connectivity index (χ1n) is 9.65. The van der Waals surface area contributed by atoms with Crippen LogP contribution in [0.25, 0.3) is 0 Å². The fourth-order valence-electron chi connectivity index (χ4n) is 3.80. The smallest absolute Gasteiger partial charge is 0.282 e. The van der Waals surface area contributed by atoms with Gasteiger partial charge in [-0.15, -0.1) is 0 Å². The standard InChI is InChI=1S/C21H27N3O3S/c1-16(21(25)23-19-7-9-20(10-8-19)28(22,26)27)24-13-11-18(12-14-24)15-17-5-3-2-4-6-17/h2-10,16,18H,11-15H2,1H3,(H,23,25)(H2,22,26,27)/p+1/t16-/m0/s1. The third-order valence-electron chi connectivity index (χ3n) is 5.57. The van der Waals surface area contributed by atoms with Crippen LogP contribution in [0, 0.1) is 5.92 Å². The van der Waals surface area contributed by atoms with Crippen molar-refractivity contribution in [2.45, 2.75) is 37.1 Å². The first-order chi connectivity index (χ1) is 13.3. The van der Waals surface area contributed by atoms with E-state index in [-0.39, 0.29) is 16.8 Å². The summed E-state index contributed by atoms with van der Waals surface area (Å²) in [6.45, 7) is 3.91. The molecule has 1 saturated heterocycles. The van der Waals surface area contributed by atoms with Crippen molar-refractivity contribution in [1.82, 2.24) is 0 Å². The van der Waals surface area contributed by atoms with Crippen LogP contribution in [0.15, 0.2) is 59.5 Å². The Hall–Kier alpha value is -2.22. The number of quaternary nitrogens is 1. The molecule has 0 radical (unpaired) electrons. The molecule has 0 spiro atoms. The summed E-state index contributed by atoms with van der Waals surface area (Å²) in [7, 11) is -3.73. The van der Waals surface area contributed by atoms with E-state index in [1.165, 1.54) is 22.6 Å². The number of nitrogens with two attached hydrogens (primary N) is 1. The number of rotatable bonds is 6. The van der Waals surface area contributed by atoms with Crippen molar-refractivity contribution in [3.8, 4) is 0 Å². The minimum Gasteiger partial charge on any atom is -0.325 e. The summed E-state index contributed by atoms with van der Waals surface area (Å²) >= 11 is 0. The van der Waals surface area contributed by atoms with E-state index in [0.29, 0.717) is 11.6 Å². The molecule has 1 fully saturated rings. The second-order valence-corrected chi connectivity index (χ2v) is 9.13. The van der Waals surface area contributed by atoms with Crippen molar-refractivity contribution in [3.63, 3.8) is 0 Å². The van der Waals surface area contributed by atoms with Gasteiger partial charge in [-0.2, -0.15) is 0 Å². The molecule has 28 heavy (non-hydrogen) atoms. The second-order valence-electron chi connectivity index (χ2n) is 7.57. The number of anilines is 1. The quantitative estimate of drug-likeness (QED) is 0.678. The van der Waals surface area contributed by atoms with Crippen LogP contribution in [-0.2, 0) is 21.2 Å². The number of amides is 1. The highest BCUT2D eigenvalue weighted by atomic mass is 32.2. The van der Waals surface area contributed by atoms with Gasteiger partial charge < -0.3 is 10.2 Å². The fourth-order valence-corrected chi connectivity index (χ4v) is 4.31. The Labute approximate surface area is 166 Å². The third-order valence-corrected chi connectivity index (χ3v) is 6.50. The van der Waals surface area contributed by atoms with Gasteiger partial charge in [0, 0.05) is 5.69 Å². The zero-order chi connectivity index (χ0) is 20.1. The number of carbonyl (C=O) groups excluding carboxylic acids is 1. The SMILES string of the molecule is C[C@@H](C(=O)Nc1ccc(S(N)(=O)=O)cc1)[NH+]1CCC(Cc2ccccc2)CC1. The Morgan fingerprint density at radius 1 is 1.11 bits per heavy atom.